The molecule has 0 aliphatic carbocycles. The molecule has 1 aliphatic rings. The Kier molecular flexibility index (Phi) is 3.53. The molecule has 0 atom stereocenters. The molecule has 1 amide bonds. The number of nitrogens with zero attached hydrogens (tertiary/aromatic N) is 2. The highest BCUT2D eigenvalue weighted by atomic mass is 79.9. The van der Waals surface area contributed by atoms with Gasteiger partial charge in [0.1, 0.15) is 5.75 Å². The number of phenols is 1. The second-order valence-corrected chi connectivity index (χ2v) is 5.35. The number of hydrogen-bond donors (Lipinski definition) is 2. The summed E-state index contributed by atoms with van der Waals surface area (Å²) in [4.78, 5) is 11.9. The van der Waals surface area contributed by atoms with Crippen molar-refractivity contribution in [2.24, 2.45) is 10.2 Å². The summed E-state index contributed by atoms with van der Waals surface area (Å²) in [5.74, 6) is -0.129. The van der Waals surface area contributed by atoms with E-state index >= 15 is 0 Å². The molecule has 1 aliphatic heterocycles. The molecule has 0 radical (unpaired) electrons. The predicted octanol–water partition coefficient (Wildman–Crippen LogP) is 2.93. The van der Waals surface area contributed by atoms with E-state index < -0.39 is 0 Å². The third-order valence-corrected chi connectivity index (χ3v) is 3.43. The summed E-state index contributed by atoms with van der Waals surface area (Å²) in [5, 5.41) is 20.0. The van der Waals surface area contributed by atoms with Crippen molar-refractivity contribution in [2.75, 3.05) is 5.32 Å². The standard InChI is InChI=1S/C15H10BrN3O2/c16-10-4-5-13-12(7-10)14(15(21)18-13)19-17-8-9-2-1-3-11(20)6-9/h1-8,20H,(H,18,19,21). The van der Waals surface area contributed by atoms with Crippen LogP contribution >= 0.6 is 15.9 Å². The molecule has 2 N–H and O–H groups in total. The van der Waals surface area contributed by atoms with Gasteiger partial charge in [0.05, 0.1) is 11.9 Å². The first-order valence-electron chi connectivity index (χ1n) is 6.15. The normalized spacial score (nSPS) is 15.5. The smallest absolute Gasteiger partial charge is 0.276 e. The van der Waals surface area contributed by atoms with Gasteiger partial charge in [-0.05, 0) is 35.9 Å². The first kappa shape index (κ1) is 13.5. The van der Waals surface area contributed by atoms with Crippen molar-refractivity contribution in [1.29, 1.82) is 0 Å². The highest BCUT2D eigenvalue weighted by Crippen LogP contribution is 2.26. The summed E-state index contributed by atoms with van der Waals surface area (Å²) in [6, 6.07) is 12.1. The molecule has 0 aromatic heterocycles. The van der Waals surface area contributed by atoms with Crippen LogP contribution in [-0.2, 0) is 4.79 Å². The van der Waals surface area contributed by atoms with Gasteiger partial charge in [-0.3, -0.25) is 4.79 Å². The zero-order chi connectivity index (χ0) is 14.8. The number of hydrogen-bond acceptors (Lipinski definition) is 4. The maximum atomic E-state index is 11.9. The van der Waals surface area contributed by atoms with Crippen LogP contribution in [0.25, 0.3) is 0 Å². The van der Waals surface area contributed by atoms with Crippen LogP contribution in [0.1, 0.15) is 11.1 Å². The maximum absolute atomic E-state index is 11.9. The monoisotopic (exact) mass is 343 g/mol. The summed E-state index contributed by atoms with van der Waals surface area (Å²) in [7, 11) is 0. The van der Waals surface area contributed by atoms with Crippen molar-refractivity contribution in [1.82, 2.24) is 0 Å². The Labute approximate surface area is 129 Å². The van der Waals surface area contributed by atoms with Gasteiger partial charge < -0.3 is 10.4 Å². The van der Waals surface area contributed by atoms with Crippen LogP contribution in [-0.4, -0.2) is 22.9 Å². The molecule has 0 saturated carbocycles. The van der Waals surface area contributed by atoms with Crippen LogP contribution < -0.4 is 5.32 Å². The number of anilines is 1. The van der Waals surface area contributed by atoms with Crippen molar-refractivity contribution in [3.8, 4) is 5.75 Å². The molecule has 5 nitrogen and oxygen atoms in total. The van der Waals surface area contributed by atoms with E-state index in [0.29, 0.717) is 11.1 Å². The lowest BCUT2D eigenvalue weighted by Gasteiger charge is -1.97. The van der Waals surface area contributed by atoms with Crippen LogP contribution in [0.15, 0.2) is 57.1 Å². The van der Waals surface area contributed by atoms with Crippen LogP contribution in [0.2, 0.25) is 0 Å². The molecule has 0 saturated heterocycles. The number of fused-ring (bicyclic) bond motifs is 1. The summed E-state index contributed by atoms with van der Waals surface area (Å²) in [5.41, 5.74) is 2.40. The molecule has 104 valence electrons. The minimum atomic E-state index is -0.281. The van der Waals surface area contributed by atoms with E-state index in [2.05, 4.69) is 31.4 Å². The van der Waals surface area contributed by atoms with Gasteiger partial charge in [-0.15, -0.1) is 5.10 Å². The van der Waals surface area contributed by atoms with Crippen LogP contribution in [0.3, 0.4) is 0 Å². The lowest BCUT2D eigenvalue weighted by atomic mass is 10.1. The molecule has 1 heterocycles. The fourth-order valence-corrected chi connectivity index (χ4v) is 2.34. The van der Waals surface area contributed by atoms with Gasteiger partial charge in [0.2, 0.25) is 0 Å². The summed E-state index contributed by atoms with van der Waals surface area (Å²) in [6.45, 7) is 0. The zero-order valence-electron chi connectivity index (χ0n) is 10.7. The van der Waals surface area contributed by atoms with E-state index in [1.54, 1.807) is 30.3 Å². The van der Waals surface area contributed by atoms with E-state index in [0.717, 1.165) is 10.2 Å². The Bertz CT molecular complexity index is 784. The Morgan fingerprint density at radius 3 is 2.86 bits per heavy atom. The minimum absolute atomic E-state index is 0.152. The zero-order valence-corrected chi connectivity index (χ0v) is 12.3. The molecule has 0 fully saturated rings. The number of carbonyl (C=O) groups is 1. The largest absolute Gasteiger partial charge is 0.508 e. The highest BCUT2D eigenvalue weighted by Gasteiger charge is 2.26. The first-order chi connectivity index (χ1) is 10.1. The van der Waals surface area contributed by atoms with E-state index in [1.807, 2.05) is 12.1 Å². The molecule has 2 aromatic carbocycles. The Hall–Kier alpha value is -2.47. The predicted molar refractivity (Wildman–Crippen MR) is 85.0 cm³/mol. The van der Waals surface area contributed by atoms with Gasteiger partial charge >= 0.3 is 0 Å². The van der Waals surface area contributed by atoms with E-state index in [1.165, 1.54) is 6.21 Å². The van der Waals surface area contributed by atoms with E-state index in [-0.39, 0.29) is 17.4 Å². The number of amides is 1. The Morgan fingerprint density at radius 1 is 1.19 bits per heavy atom. The fourth-order valence-electron chi connectivity index (χ4n) is 1.98. The first-order valence-corrected chi connectivity index (χ1v) is 6.94. The number of nitrogens with one attached hydrogen (secondary N) is 1. The van der Waals surface area contributed by atoms with Crippen molar-refractivity contribution < 1.29 is 9.90 Å². The number of rotatable bonds is 2. The summed E-state index contributed by atoms with van der Waals surface area (Å²) in [6.07, 6.45) is 1.48. The molecule has 0 unspecified atom stereocenters. The van der Waals surface area contributed by atoms with Gasteiger partial charge in [-0.1, -0.05) is 28.1 Å². The fraction of sp³-hybridized carbons (Fsp3) is 0. The molecule has 21 heavy (non-hydrogen) atoms. The van der Waals surface area contributed by atoms with Crippen molar-refractivity contribution in [3.05, 3.63) is 58.1 Å². The minimum Gasteiger partial charge on any atom is -0.508 e. The van der Waals surface area contributed by atoms with Crippen molar-refractivity contribution in [2.45, 2.75) is 0 Å². The number of aromatic hydroxyl groups is 1. The Balaban J connectivity index is 1.91. The summed E-state index contributed by atoms with van der Waals surface area (Å²) >= 11 is 3.36. The van der Waals surface area contributed by atoms with Gasteiger partial charge in [0.25, 0.3) is 5.91 Å². The van der Waals surface area contributed by atoms with Crippen LogP contribution in [0.4, 0.5) is 5.69 Å². The average Bonchev–Trinajstić information content (AvgIpc) is 2.75. The van der Waals surface area contributed by atoms with E-state index in [9.17, 15) is 9.90 Å². The number of benzene rings is 2. The van der Waals surface area contributed by atoms with Gasteiger partial charge in [-0.25, -0.2) is 0 Å². The molecule has 0 bridgehead atoms. The van der Waals surface area contributed by atoms with Gasteiger partial charge in [0, 0.05) is 10.0 Å². The lowest BCUT2D eigenvalue weighted by Crippen LogP contribution is -2.13. The average molecular weight is 344 g/mol. The Morgan fingerprint density at radius 2 is 2.05 bits per heavy atom. The third kappa shape index (κ3) is 2.85. The molecular formula is C15H10BrN3O2. The third-order valence-electron chi connectivity index (χ3n) is 2.93. The molecule has 6 heteroatoms. The van der Waals surface area contributed by atoms with E-state index in [4.69, 9.17) is 0 Å². The SMILES string of the molecule is O=C1Nc2ccc(Br)cc2C1=NN=Cc1cccc(O)c1. The lowest BCUT2D eigenvalue weighted by molar-refractivity contribution is -0.110. The summed E-state index contributed by atoms with van der Waals surface area (Å²) < 4.78 is 0.863. The van der Waals surface area contributed by atoms with Crippen molar-refractivity contribution >= 4 is 39.5 Å². The van der Waals surface area contributed by atoms with Gasteiger partial charge in [0.15, 0.2) is 5.71 Å². The molecule has 0 spiro atoms. The second kappa shape index (κ2) is 5.49. The maximum Gasteiger partial charge on any atom is 0.276 e. The molecular weight excluding hydrogens is 334 g/mol. The topological polar surface area (TPSA) is 74.0 Å². The molecule has 2 aromatic rings. The van der Waals surface area contributed by atoms with Crippen LogP contribution in [0.5, 0.6) is 5.75 Å². The number of phenolic OH excluding ortho intramolecular Hbond substituents is 1. The van der Waals surface area contributed by atoms with Gasteiger partial charge in [-0.2, -0.15) is 5.10 Å². The quantitative estimate of drug-likeness (QED) is 0.649. The second-order valence-electron chi connectivity index (χ2n) is 4.43. The highest BCUT2D eigenvalue weighted by molar-refractivity contribution is 9.10. The number of carbonyl (C=O) groups excluding carboxylic acids is 1. The number of halogens is 1. The van der Waals surface area contributed by atoms with Crippen LogP contribution in [0, 0.1) is 0 Å². The molecule has 3 rings (SSSR count). The van der Waals surface area contributed by atoms with Crippen molar-refractivity contribution in [3.63, 3.8) is 0 Å².